The minimum Gasteiger partial charge on any atom is -0.479 e. The summed E-state index contributed by atoms with van der Waals surface area (Å²) in [5.74, 6) is 0.334. The molecule has 0 aromatic heterocycles. The highest BCUT2D eigenvalue weighted by Gasteiger charge is 2.17. The average molecular weight is 299 g/mol. The van der Waals surface area contributed by atoms with E-state index in [-0.39, 0.29) is 5.97 Å². The van der Waals surface area contributed by atoms with Gasteiger partial charge in [0.25, 0.3) is 0 Å². The van der Waals surface area contributed by atoms with E-state index >= 15 is 0 Å². The normalized spacial score (nSPS) is 12.0. The zero-order chi connectivity index (χ0) is 15.0. The molecule has 1 atom stereocenters. The van der Waals surface area contributed by atoms with Crippen molar-refractivity contribution in [2.24, 2.45) is 0 Å². The maximum Gasteiger partial charge on any atom is 0.347 e. The summed E-state index contributed by atoms with van der Waals surface area (Å²) in [6.07, 6.45) is 3.74. The van der Waals surface area contributed by atoms with Gasteiger partial charge in [-0.25, -0.2) is 4.79 Å². The van der Waals surface area contributed by atoms with E-state index in [4.69, 9.17) is 21.1 Å². The van der Waals surface area contributed by atoms with E-state index in [0.29, 0.717) is 17.4 Å². The molecule has 0 aliphatic carbocycles. The highest BCUT2D eigenvalue weighted by Crippen LogP contribution is 2.23. The van der Waals surface area contributed by atoms with Gasteiger partial charge in [0.1, 0.15) is 5.75 Å². The third-order valence-corrected chi connectivity index (χ3v) is 3.25. The van der Waals surface area contributed by atoms with Crippen LogP contribution in [-0.4, -0.2) is 18.7 Å². The van der Waals surface area contributed by atoms with Crippen LogP contribution < -0.4 is 4.74 Å². The Labute approximate surface area is 126 Å². The second-order valence-electron chi connectivity index (χ2n) is 4.90. The number of hydrogen-bond acceptors (Lipinski definition) is 3. The molecular weight excluding hydrogens is 276 g/mol. The first-order valence-electron chi connectivity index (χ1n) is 7.14. The predicted octanol–water partition coefficient (Wildman–Crippen LogP) is 4.54. The van der Waals surface area contributed by atoms with Gasteiger partial charge in [0.2, 0.25) is 0 Å². The molecule has 0 bridgehead atoms. The summed E-state index contributed by atoms with van der Waals surface area (Å²) in [4.78, 5) is 11.8. The van der Waals surface area contributed by atoms with E-state index in [2.05, 4.69) is 6.92 Å². The molecule has 0 spiro atoms. The zero-order valence-electron chi connectivity index (χ0n) is 12.4. The smallest absolute Gasteiger partial charge is 0.347 e. The molecule has 0 unspecified atom stereocenters. The molecule has 112 valence electrons. The first-order valence-corrected chi connectivity index (χ1v) is 7.51. The average Bonchev–Trinajstić information content (AvgIpc) is 2.41. The molecule has 0 radical (unpaired) electrons. The lowest BCUT2D eigenvalue weighted by Crippen LogP contribution is -2.26. The summed E-state index contributed by atoms with van der Waals surface area (Å²) in [5, 5.41) is 0.654. The lowest BCUT2D eigenvalue weighted by molar-refractivity contribution is -0.151. The molecule has 1 rings (SSSR count). The van der Waals surface area contributed by atoms with Crippen LogP contribution >= 0.6 is 11.6 Å². The number of rotatable bonds is 8. The first-order chi connectivity index (χ1) is 9.54. The number of carbonyl (C=O) groups is 1. The zero-order valence-corrected chi connectivity index (χ0v) is 13.2. The van der Waals surface area contributed by atoms with Crippen molar-refractivity contribution < 1.29 is 14.3 Å². The van der Waals surface area contributed by atoms with Gasteiger partial charge >= 0.3 is 5.97 Å². The van der Waals surface area contributed by atoms with Crippen LogP contribution in [0.15, 0.2) is 18.2 Å². The quantitative estimate of drug-likeness (QED) is 0.522. The van der Waals surface area contributed by atoms with E-state index in [1.807, 2.05) is 6.92 Å². The summed E-state index contributed by atoms with van der Waals surface area (Å²) in [5.41, 5.74) is 0.903. The Morgan fingerprint density at radius 1 is 1.30 bits per heavy atom. The minimum absolute atomic E-state index is 0.323. The molecule has 0 saturated heterocycles. The highest BCUT2D eigenvalue weighted by molar-refractivity contribution is 6.30. The number of ether oxygens (including phenoxy) is 2. The van der Waals surface area contributed by atoms with Crippen LogP contribution in [0.3, 0.4) is 0 Å². The largest absolute Gasteiger partial charge is 0.479 e. The number of halogens is 1. The molecular formula is C16H23ClO3. The van der Waals surface area contributed by atoms with E-state index in [0.717, 1.165) is 18.4 Å². The van der Waals surface area contributed by atoms with Crippen molar-refractivity contribution in [2.75, 3.05) is 6.61 Å². The van der Waals surface area contributed by atoms with E-state index in [1.165, 1.54) is 12.8 Å². The Bertz CT molecular complexity index is 432. The maximum absolute atomic E-state index is 11.8. The fourth-order valence-electron chi connectivity index (χ4n) is 1.80. The predicted molar refractivity (Wildman–Crippen MR) is 81.4 cm³/mol. The van der Waals surface area contributed by atoms with Crippen molar-refractivity contribution in [1.29, 1.82) is 0 Å². The Hall–Kier alpha value is -1.22. The molecule has 0 aliphatic rings. The van der Waals surface area contributed by atoms with Crippen molar-refractivity contribution in [3.63, 3.8) is 0 Å². The Morgan fingerprint density at radius 2 is 2.05 bits per heavy atom. The van der Waals surface area contributed by atoms with Crippen LogP contribution in [-0.2, 0) is 9.53 Å². The van der Waals surface area contributed by atoms with Crippen LogP contribution in [0.2, 0.25) is 5.02 Å². The van der Waals surface area contributed by atoms with Gasteiger partial charge < -0.3 is 9.47 Å². The SMILES string of the molecule is CCCCCCOC(=O)[C@@H](C)Oc1ccc(Cl)cc1C. The fraction of sp³-hybridized carbons (Fsp3) is 0.562. The third-order valence-electron chi connectivity index (χ3n) is 3.01. The third kappa shape index (κ3) is 5.83. The van der Waals surface area contributed by atoms with Crippen molar-refractivity contribution in [1.82, 2.24) is 0 Å². The molecule has 0 fully saturated rings. The minimum atomic E-state index is -0.610. The van der Waals surface area contributed by atoms with Crippen molar-refractivity contribution in [2.45, 2.75) is 52.6 Å². The highest BCUT2D eigenvalue weighted by atomic mass is 35.5. The van der Waals surface area contributed by atoms with Gasteiger partial charge in [0, 0.05) is 5.02 Å². The van der Waals surface area contributed by atoms with E-state index in [1.54, 1.807) is 25.1 Å². The Morgan fingerprint density at radius 3 is 2.70 bits per heavy atom. The molecule has 3 nitrogen and oxygen atoms in total. The van der Waals surface area contributed by atoms with Gasteiger partial charge in [-0.2, -0.15) is 0 Å². The van der Waals surface area contributed by atoms with Gasteiger partial charge in [-0.15, -0.1) is 0 Å². The van der Waals surface area contributed by atoms with Gasteiger partial charge in [-0.3, -0.25) is 0 Å². The second-order valence-corrected chi connectivity index (χ2v) is 5.33. The number of esters is 1. The van der Waals surface area contributed by atoms with Gasteiger partial charge in [0.05, 0.1) is 6.61 Å². The lowest BCUT2D eigenvalue weighted by Gasteiger charge is -2.15. The van der Waals surface area contributed by atoms with Gasteiger partial charge in [0.15, 0.2) is 6.10 Å². The molecule has 1 aromatic carbocycles. The van der Waals surface area contributed by atoms with E-state index < -0.39 is 6.10 Å². The molecule has 20 heavy (non-hydrogen) atoms. The Kier molecular flexibility index (Phi) is 7.45. The standard InChI is InChI=1S/C16H23ClO3/c1-4-5-6-7-10-19-16(18)13(3)20-15-9-8-14(17)11-12(15)2/h8-9,11,13H,4-7,10H2,1-3H3/t13-/m1/s1. The Balaban J connectivity index is 2.37. The summed E-state index contributed by atoms with van der Waals surface area (Å²) in [6, 6.07) is 5.31. The van der Waals surface area contributed by atoms with Crippen LogP contribution in [0.25, 0.3) is 0 Å². The number of carbonyl (C=O) groups excluding carboxylic acids is 1. The summed E-state index contributed by atoms with van der Waals surface area (Å²) in [7, 11) is 0. The lowest BCUT2D eigenvalue weighted by atomic mass is 10.2. The number of hydrogen-bond donors (Lipinski definition) is 0. The van der Waals surface area contributed by atoms with Gasteiger partial charge in [-0.05, 0) is 44.0 Å². The van der Waals surface area contributed by atoms with Crippen molar-refractivity contribution in [3.05, 3.63) is 28.8 Å². The van der Waals surface area contributed by atoms with E-state index in [9.17, 15) is 4.79 Å². The molecule has 4 heteroatoms. The van der Waals surface area contributed by atoms with Crippen molar-refractivity contribution in [3.8, 4) is 5.75 Å². The van der Waals surface area contributed by atoms with Crippen LogP contribution in [0.4, 0.5) is 0 Å². The van der Waals surface area contributed by atoms with Crippen molar-refractivity contribution >= 4 is 17.6 Å². The molecule has 0 aliphatic heterocycles. The molecule has 0 amide bonds. The van der Waals surface area contributed by atoms with Gasteiger partial charge in [-0.1, -0.05) is 37.8 Å². The first kappa shape index (κ1) is 16.8. The monoisotopic (exact) mass is 298 g/mol. The van der Waals surface area contributed by atoms with Crippen LogP contribution in [0.1, 0.15) is 45.1 Å². The molecule has 1 aromatic rings. The molecule has 0 N–H and O–H groups in total. The number of aryl methyl sites for hydroxylation is 1. The fourth-order valence-corrected chi connectivity index (χ4v) is 2.03. The molecule has 0 saturated carbocycles. The summed E-state index contributed by atoms with van der Waals surface area (Å²) in [6.45, 7) is 6.20. The second kappa shape index (κ2) is 8.85. The number of unbranched alkanes of at least 4 members (excludes halogenated alkanes) is 3. The molecule has 0 heterocycles. The van der Waals surface area contributed by atoms with Crippen LogP contribution in [0, 0.1) is 6.92 Å². The summed E-state index contributed by atoms with van der Waals surface area (Å²) < 4.78 is 10.8. The topological polar surface area (TPSA) is 35.5 Å². The van der Waals surface area contributed by atoms with Crippen LogP contribution in [0.5, 0.6) is 5.75 Å². The summed E-state index contributed by atoms with van der Waals surface area (Å²) >= 11 is 5.88. The maximum atomic E-state index is 11.8. The number of benzene rings is 1.